The fourth-order valence-electron chi connectivity index (χ4n) is 2.52. The number of hydrogen-bond donors (Lipinski definition) is 2. The van der Waals surface area contributed by atoms with Crippen LogP contribution in [0.1, 0.15) is 24.0 Å². The zero-order chi connectivity index (χ0) is 19.7. The molecule has 146 valence electrons. The monoisotopic (exact) mass is 380 g/mol. The van der Waals surface area contributed by atoms with Crippen LogP contribution in [-0.4, -0.2) is 24.1 Å². The molecule has 1 heterocycles. The van der Waals surface area contributed by atoms with Crippen molar-refractivity contribution in [3.8, 4) is 0 Å². The lowest BCUT2D eigenvalue weighted by Crippen LogP contribution is -2.37. The van der Waals surface area contributed by atoms with Crippen LogP contribution < -0.4 is 16.2 Å². The van der Waals surface area contributed by atoms with E-state index in [1.165, 1.54) is 12.1 Å². The van der Waals surface area contributed by atoms with Crippen molar-refractivity contribution in [1.82, 2.24) is 15.2 Å². The third-order valence-corrected chi connectivity index (χ3v) is 3.96. The van der Waals surface area contributed by atoms with Gasteiger partial charge in [0, 0.05) is 38.9 Å². The molecule has 0 aliphatic rings. The summed E-state index contributed by atoms with van der Waals surface area (Å²) in [6.45, 7) is 1.52. The Morgan fingerprint density at radius 3 is 2.63 bits per heavy atom. The molecule has 2 aromatic rings. The van der Waals surface area contributed by atoms with Crippen molar-refractivity contribution in [2.75, 3.05) is 13.6 Å². The van der Waals surface area contributed by atoms with Crippen LogP contribution in [0.25, 0.3) is 0 Å². The Bertz CT molecular complexity index is 815. The summed E-state index contributed by atoms with van der Waals surface area (Å²) in [6, 6.07) is 10.2. The minimum Gasteiger partial charge on any atom is -0.356 e. The number of aliphatic imine (C=N–C) groups is 1. The van der Waals surface area contributed by atoms with E-state index < -0.39 is 11.7 Å². The first-order valence-corrected chi connectivity index (χ1v) is 8.66. The van der Waals surface area contributed by atoms with Gasteiger partial charge in [-0.3, -0.25) is 9.79 Å². The minimum absolute atomic E-state index is 0.0241. The number of rotatable bonds is 7. The van der Waals surface area contributed by atoms with Crippen LogP contribution in [-0.2, 0) is 19.3 Å². The molecule has 1 aromatic carbocycles. The van der Waals surface area contributed by atoms with E-state index in [-0.39, 0.29) is 12.1 Å². The third-order valence-electron chi connectivity index (χ3n) is 3.96. The second kappa shape index (κ2) is 9.80. The highest BCUT2D eigenvalue weighted by atomic mass is 19.4. The third kappa shape index (κ3) is 6.80. The number of unbranched alkanes of at least 4 members (excludes halogenated alkanes) is 1. The summed E-state index contributed by atoms with van der Waals surface area (Å²) < 4.78 is 39.9. The lowest BCUT2D eigenvalue weighted by molar-refractivity contribution is -0.137. The van der Waals surface area contributed by atoms with Crippen LogP contribution in [0.2, 0.25) is 0 Å². The molecule has 0 bridgehead atoms. The SMILES string of the molecule is CN=C(NCCCCn1ccccc1=O)NCc1cccc(C(F)(F)F)c1. The first kappa shape index (κ1) is 20.5. The summed E-state index contributed by atoms with van der Waals surface area (Å²) in [4.78, 5) is 15.7. The Hall–Kier alpha value is -2.77. The molecule has 0 fully saturated rings. The average molecular weight is 380 g/mol. The summed E-state index contributed by atoms with van der Waals surface area (Å²) in [7, 11) is 1.60. The van der Waals surface area contributed by atoms with E-state index in [0.717, 1.165) is 25.0 Å². The van der Waals surface area contributed by atoms with E-state index in [0.29, 0.717) is 24.6 Å². The summed E-state index contributed by atoms with van der Waals surface area (Å²) in [5, 5.41) is 6.11. The van der Waals surface area contributed by atoms with Gasteiger partial charge in [0.15, 0.2) is 5.96 Å². The largest absolute Gasteiger partial charge is 0.416 e. The number of nitrogens with one attached hydrogen (secondary N) is 2. The molecule has 5 nitrogen and oxygen atoms in total. The number of pyridine rings is 1. The van der Waals surface area contributed by atoms with Crippen LogP contribution >= 0.6 is 0 Å². The van der Waals surface area contributed by atoms with Gasteiger partial charge in [0.25, 0.3) is 0 Å². The van der Waals surface area contributed by atoms with Crippen molar-refractivity contribution in [2.24, 2.45) is 4.99 Å². The van der Waals surface area contributed by atoms with Gasteiger partial charge >= 0.3 is 6.18 Å². The van der Waals surface area contributed by atoms with Crippen molar-refractivity contribution in [2.45, 2.75) is 32.1 Å². The molecule has 0 saturated carbocycles. The van der Waals surface area contributed by atoms with Gasteiger partial charge in [0.1, 0.15) is 0 Å². The number of halogens is 3. The topological polar surface area (TPSA) is 58.4 Å². The van der Waals surface area contributed by atoms with Crippen molar-refractivity contribution < 1.29 is 13.2 Å². The second-order valence-electron chi connectivity index (χ2n) is 5.99. The molecule has 0 spiro atoms. The molecule has 0 unspecified atom stereocenters. The Morgan fingerprint density at radius 1 is 1.11 bits per heavy atom. The van der Waals surface area contributed by atoms with Gasteiger partial charge in [-0.25, -0.2) is 0 Å². The molecular weight excluding hydrogens is 357 g/mol. The van der Waals surface area contributed by atoms with Gasteiger partial charge in [0.2, 0.25) is 5.56 Å². The molecule has 0 radical (unpaired) electrons. The summed E-state index contributed by atoms with van der Waals surface area (Å²) in [5.74, 6) is 0.518. The van der Waals surface area contributed by atoms with Crippen LogP contribution in [0.5, 0.6) is 0 Å². The van der Waals surface area contributed by atoms with E-state index in [4.69, 9.17) is 0 Å². The van der Waals surface area contributed by atoms with E-state index >= 15 is 0 Å². The maximum absolute atomic E-state index is 12.7. The standard InChI is InChI=1S/C19H23F3N4O/c1-23-18(24-10-3-5-12-26-11-4-2-9-17(26)27)25-14-15-7-6-8-16(13-15)19(20,21)22/h2,4,6-9,11,13H,3,5,10,12,14H2,1H3,(H2,23,24,25). The van der Waals surface area contributed by atoms with Gasteiger partial charge in [0.05, 0.1) is 5.56 Å². The first-order chi connectivity index (χ1) is 12.9. The highest BCUT2D eigenvalue weighted by Gasteiger charge is 2.30. The average Bonchev–Trinajstić information content (AvgIpc) is 2.65. The van der Waals surface area contributed by atoms with E-state index in [1.807, 2.05) is 6.07 Å². The quantitative estimate of drug-likeness (QED) is 0.441. The van der Waals surface area contributed by atoms with Crippen molar-refractivity contribution >= 4 is 5.96 Å². The number of alkyl halides is 3. The Labute approximate surface area is 155 Å². The molecule has 0 atom stereocenters. The van der Waals surface area contributed by atoms with E-state index in [2.05, 4.69) is 15.6 Å². The molecule has 0 saturated heterocycles. The van der Waals surface area contributed by atoms with Crippen LogP contribution in [0, 0.1) is 0 Å². The van der Waals surface area contributed by atoms with Crippen molar-refractivity contribution in [3.05, 3.63) is 70.1 Å². The molecular formula is C19H23F3N4O. The van der Waals surface area contributed by atoms with Crippen molar-refractivity contribution in [1.29, 1.82) is 0 Å². The lowest BCUT2D eigenvalue weighted by atomic mass is 10.1. The van der Waals surface area contributed by atoms with Gasteiger partial charge in [-0.2, -0.15) is 13.2 Å². The molecule has 0 aliphatic carbocycles. The molecule has 2 rings (SSSR count). The normalized spacial score (nSPS) is 12.1. The van der Waals surface area contributed by atoms with Crippen molar-refractivity contribution in [3.63, 3.8) is 0 Å². The Balaban J connectivity index is 1.73. The van der Waals surface area contributed by atoms with E-state index in [9.17, 15) is 18.0 Å². The molecule has 8 heteroatoms. The Kier molecular flexibility index (Phi) is 7.45. The van der Waals surface area contributed by atoms with Gasteiger partial charge in [-0.05, 0) is 36.6 Å². The van der Waals surface area contributed by atoms with Gasteiger partial charge < -0.3 is 15.2 Å². The number of aromatic nitrogens is 1. The zero-order valence-electron chi connectivity index (χ0n) is 15.1. The molecule has 2 N–H and O–H groups in total. The number of nitrogens with zero attached hydrogens (tertiary/aromatic N) is 2. The lowest BCUT2D eigenvalue weighted by Gasteiger charge is -2.13. The maximum Gasteiger partial charge on any atom is 0.416 e. The number of benzene rings is 1. The minimum atomic E-state index is -4.35. The zero-order valence-corrected chi connectivity index (χ0v) is 15.1. The summed E-state index contributed by atoms with van der Waals surface area (Å²) in [5.41, 5.74) is -0.166. The second-order valence-corrected chi connectivity index (χ2v) is 5.99. The number of hydrogen-bond acceptors (Lipinski definition) is 2. The maximum atomic E-state index is 12.7. The molecule has 1 aromatic heterocycles. The van der Waals surface area contributed by atoms with Crippen LogP contribution in [0.4, 0.5) is 13.2 Å². The fourth-order valence-corrected chi connectivity index (χ4v) is 2.52. The highest BCUT2D eigenvalue weighted by Crippen LogP contribution is 2.29. The number of guanidine groups is 1. The Morgan fingerprint density at radius 2 is 1.93 bits per heavy atom. The van der Waals surface area contributed by atoms with Gasteiger partial charge in [-0.1, -0.05) is 18.2 Å². The van der Waals surface area contributed by atoms with E-state index in [1.54, 1.807) is 29.9 Å². The molecule has 0 amide bonds. The predicted octanol–water partition coefficient (Wildman–Crippen LogP) is 3.01. The van der Waals surface area contributed by atoms with Crippen LogP contribution in [0.3, 0.4) is 0 Å². The smallest absolute Gasteiger partial charge is 0.356 e. The summed E-state index contributed by atoms with van der Waals surface area (Å²) in [6.07, 6.45) is -0.949. The predicted molar refractivity (Wildman–Crippen MR) is 99.6 cm³/mol. The highest BCUT2D eigenvalue weighted by molar-refractivity contribution is 5.79. The fraction of sp³-hybridized carbons (Fsp3) is 0.368. The van der Waals surface area contributed by atoms with Gasteiger partial charge in [-0.15, -0.1) is 0 Å². The van der Waals surface area contributed by atoms with Crippen LogP contribution in [0.15, 0.2) is 58.4 Å². The number of aryl methyl sites for hydroxylation is 1. The molecule has 0 aliphatic heterocycles. The molecule has 27 heavy (non-hydrogen) atoms. The first-order valence-electron chi connectivity index (χ1n) is 8.66. The summed E-state index contributed by atoms with van der Waals surface area (Å²) >= 11 is 0.